The van der Waals surface area contributed by atoms with Crippen LogP contribution in [0.1, 0.15) is 53.4 Å². The van der Waals surface area contributed by atoms with Crippen molar-refractivity contribution in [1.82, 2.24) is 9.80 Å². The highest BCUT2D eigenvalue weighted by atomic mass is 16.6. The summed E-state index contributed by atoms with van der Waals surface area (Å²) in [6, 6.07) is 0. The van der Waals surface area contributed by atoms with Crippen molar-refractivity contribution in [2.45, 2.75) is 59.0 Å². The SMILES string of the molecule is CCN1CCC2(CC1)CCN(C(=O)OC(C)(C)C)CC2. The maximum Gasteiger partial charge on any atom is 0.410 e. The second-order valence-electron chi connectivity index (χ2n) is 7.40. The lowest BCUT2D eigenvalue weighted by atomic mass is 9.71. The molecule has 20 heavy (non-hydrogen) atoms. The van der Waals surface area contributed by atoms with Gasteiger partial charge in [0.1, 0.15) is 5.60 Å². The number of nitrogens with zero attached hydrogens (tertiary/aromatic N) is 2. The molecule has 2 rings (SSSR count). The number of rotatable bonds is 1. The van der Waals surface area contributed by atoms with Gasteiger partial charge in [-0.15, -0.1) is 0 Å². The summed E-state index contributed by atoms with van der Waals surface area (Å²) in [5.74, 6) is 0. The molecule has 0 aromatic heterocycles. The van der Waals surface area contributed by atoms with Crippen LogP contribution in [0.5, 0.6) is 0 Å². The van der Waals surface area contributed by atoms with Gasteiger partial charge >= 0.3 is 6.09 Å². The van der Waals surface area contributed by atoms with Crippen molar-refractivity contribution in [3.8, 4) is 0 Å². The van der Waals surface area contributed by atoms with Crippen LogP contribution in [0.2, 0.25) is 0 Å². The Kier molecular flexibility index (Phi) is 4.62. The number of hydrogen-bond donors (Lipinski definition) is 0. The van der Waals surface area contributed by atoms with E-state index in [2.05, 4.69) is 11.8 Å². The fraction of sp³-hybridized carbons (Fsp3) is 0.938. The Balaban J connectivity index is 1.82. The van der Waals surface area contributed by atoms with Gasteiger partial charge in [0.2, 0.25) is 0 Å². The smallest absolute Gasteiger partial charge is 0.410 e. The second-order valence-corrected chi connectivity index (χ2v) is 7.40. The predicted octanol–water partition coefficient (Wildman–Crippen LogP) is 3.12. The third-order valence-corrected chi connectivity index (χ3v) is 4.84. The molecule has 116 valence electrons. The number of hydrogen-bond acceptors (Lipinski definition) is 3. The lowest BCUT2D eigenvalue weighted by molar-refractivity contribution is -0.00192. The maximum absolute atomic E-state index is 12.1. The van der Waals surface area contributed by atoms with Gasteiger partial charge in [0.15, 0.2) is 0 Å². The minimum Gasteiger partial charge on any atom is -0.444 e. The molecule has 1 amide bonds. The Morgan fingerprint density at radius 2 is 1.55 bits per heavy atom. The number of likely N-dealkylation sites (tertiary alicyclic amines) is 2. The van der Waals surface area contributed by atoms with Gasteiger partial charge in [0, 0.05) is 13.1 Å². The fourth-order valence-electron chi connectivity index (χ4n) is 3.33. The number of ether oxygens (including phenoxy) is 1. The Hall–Kier alpha value is -0.770. The van der Waals surface area contributed by atoms with Crippen molar-refractivity contribution in [3.05, 3.63) is 0 Å². The molecule has 1 spiro atoms. The topological polar surface area (TPSA) is 32.8 Å². The number of piperidine rings is 2. The Morgan fingerprint density at radius 3 is 2.00 bits per heavy atom. The minimum absolute atomic E-state index is 0.140. The molecule has 0 aromatic rings. The molecule has 2 aliphatic heterocycles. The van der Waals surface area contributed by atoms with E-state index in [4.69, 9.17) is 4.74 Å². The standard InChI is InChI=1S/C16H30N2O2/c1-5-17-10-6-16(7-11-17)8-12-18(13-9-16)14(19)20-15(2,3)4/h5-13H2,1-4H3. The summed E-state index contributed by atoms with van der Waals surface area (Å²) in [4.78, 5) is 16.5. The average molecular weight is 282 g/mol. The number of amides is 1. The molecule has 4 nitrogen and oxygen atoms in total. The van der Waals surface area contributed by atoms with Gasteiger partial charge in [-0.3, -0.25) is 0 Å². The summed E-state index contributed by atoms with van der Waals surface area (Å²) in [5, 5.41) is 0. The lowest BCUT2D eigenvalue weighted by Gasteiger charge is -2.46. The minimum atomic E-state index is -0.390. The molecule has 2 saturated heterocycles. The highest BCUT2D eigenvalue weighted by Gasteiger charge is 2.38. The Morgan fingerprint density at radius 1 is 1.05 bits per heavy atom. The molecule has 0 unspecified atom stereocenters. The molecule has 2 heterocycles. The van der Waals surface area contributed by atoms with E-state index >= 15 is 0 Å². The number of carbonyl (C=O) groups excluding carboxylic acids is 1. The fourth-order valence-corrected chi connectivity index (χ4v) is 3.33. The van der Waals surface area contributed by atoms with E-state index < -0.39 is 5.60 Å². The first-order valence-electron chi connectivity index (χ1n) is 8.04. The van der Waals surface area contributed by atoms with Gasteiger partial charge in [0.05, 0.1) is 0 Å². The van der Waals surface area contributed by atoms with Gasteiger partial charge in [0.25, 0.3) is 0 Å². The van der Waals surface area contributed by atoms with E-state index in [9.17, 15) is 4.79 Å². The highest BCUT2D eigenvalue weighted by molar-refractivity contribution is 5.68. The van der Waals surface area contributed by atoms with Crippen LogP contribution in [0.25, 0.3) is 0 Å². The predicted molar refractivity (Wildman–Crippen MR) is 80.8 cm³/mol. The van der Waals surface area contributed by atoms with Crippen LogP contribution in [0, 0.1) is 5.41 Å². The third kappa shape index (κ3) is 3.87. The average Bonchev–Trinajstić information content (AvgIpc) is 2.38. The zero-order valence-electron chi connectivity index (χ0n) is 13.6. The molecular weight excluding hydrogens is 252 g/mol. The van der Waals surface area contributed by atoms with Crippen LogP contribution >= 0.6 is 0 Å². The van der Waals surface area contributed by atoms with Crippen LogP contribution in [-0.4, -0.2) is 54.2 Å². The summed E-state index contributed by atoms with van der Waals surface area (Å²) in [7, 11) is 0. The van der Waals surface area contributed by atoms with Crippen LogP contribution < -0.4 is 0 Å². The van der Waals surface area contributed by atoms with Crippen molar-refractivity contribution in [2.75, 3.05) is 32.7 Å². The highest BCUT2D eigenvalue weighted by Crippen LogP contribution is 2.41. The second kappa shape index (κ2) is 5.92. The molecule has 0 atom stereocenters. The maximum atomic E-state index is 12.1. The molecule has 0 aliphatic carbocycles. The summed E-state index contributed by atoms with van der Waals surface area (Å²) in [6.45, 7) is 13.4. The van der Waals surface area contributed by atoms with Crippen molar-refractivity contribution >= 4 is 6.09 Å². The first kappa shape index (κ1) is 15.6. The van der Waals surface area contributed by atoms with Crippen LogP contribution in [-0.2, 0) is 4.74 Å². The van der Waals surface area contributed by atoms with Gasteiger partial charge in [-0.25, -0.2) is 4.79 Å². The van der Waals surface area contributed by atoms with Gasteiger partial charge in [-0.2, -0.15) is 0 Å². The van der Waals surface area contributed by atoms with Gasteiger partial charge in [-0.1, -0.05) is 6.92 Å². The van der Waals surface area contributed by atoms with E-state index in [0.717, 1.165) is 25.9 Å². The zero-order chi connectivity index (χ0) is 14.8. The number of carbonyl (C=O) groups is 1. The molecule has 0 bridgehead atoms. The first-order valence-corrected chi connectivity index (χ1v) is 8.04. The van der Waals surface area contributed by atoms with Gasteiger partial charge in [-0.05, 0) is 71.5 Å². The zero-order valence-corrected chi connectivity index (χ0v) is 13.6. The molecule has 4 heteroatoms. The summed E-state index contributed by atoms with van der Waals surface area (Å²) < 4.78 is 5.47. The molecule has 0 N–H and O–H groups in total. The third-order valence-electron chi connectivity index (χ3n) is 4.84. The largest absolute Gasteiger partial charge is 0.444 e. The van der Waals surface area contributed by atoms with E-state index in [0.29, 0.717) is 5.41 Å². The Labute approximate surface area is 123 Å². The van der Waals surface area contributed by atoms with E-state index in [1.807, 2.05) is 25.7 Å². The quantitative estimate of drug-likeness (QED) is 0.741. The molecule has 2 fully saturated rings. The molecule has 0 aromatic carbocycles. The summed E-state index contributed by atoms with van der Waals surface area (Å²) >= 11 is 0. The van der Waals surface area contributed by atoms with Gasteiger partial charge < -0.3 is 14.5 Å². The molecule has 0 radical (unpaired) electrons. The van der Waals surface area contributed by atoms with E-state index in [-0.39, 0.29) is 6.09 Å². The van der Waals surface area contributed by atoms with Crippen molar-refractivity contribution in [1.29, 1.82) is 0 Å². The monoisotopic (exact) mass is 282 g/mol. The summed E-state index contributed by atoms with van der Waals surface area (Å²) in [5.41, 5.74) is 0.100. The summed E-state index contributed by atoms with van der Waals surface area (Å²) in [6.07, 6.45) is 4.73. The van der Waals surface area contributed by atoms with Crippen molar-refractivity contribution in [2.24, 2.45) is 5.41 Å². The molecule has 2 aliphatic rings. The molecule has 0 saturated carbocycles. The Bertz CT molecular complexity index is 331. The van der Waals surface area contributed by atoms with Crippen molar-refractivity contribution < 1.29 is 9.53 Å². The van der Waals surface area contributed by atoms with Crippen LogP contribution in [0.15, 0.2) is 0 Å². The van der Waals surface area contributed by atoms with Crippen molar-refractivity contribution in [3.63, 3.8) is 0 Å². The normalized spacial score (nSPS) is 23.9. The lowest BCUT2D eigenvalue weighted by Crippen LogP contribution is -2.49. The van der Waals surface area contributed by atoms with E-state index in [1.54, 1.807) is 0 Å². The van der Waals surface area contributed by atoms with Crippen LogP contribution in [0.3, 0.4) is 0 Å². The first-order chi connectivity index (χ1) is 9.34. The van der Waals surface area contributed by atoms with Crippen LogP contribution in [0.4, 0.5) is 4.79 Å². The molecular formula is C16H30N2O2. The van der Waals surface area contributed by atoms with E-state index in [1.165, 1.54) is 32.5 Å².